The Hall–Kier alpha value is -0.770. The van der Waals surface area contributed by atoms with E-state index in [1.165, 1.54) is 0 Å². The highest BCUT2D eigenvalue weighted by atomic mass is 16.6. The van der Waals surface area contributed by atoms with Crippen molar-refractivity contribution in [2.45, 2.75) is 25.9 Å². The van der Waals surface area contributed by atoms with E-state index in [9.17, 15) is 4.79 Å². The minimum Gasteiger partial charge on any atom is -0.446 e. The number of carbonyl (C=O) groups excluding carboxylic acids is 1. The molecule has 0 atom stereocenters. The van der Waals surface area contributed by atoms with Crippen molar-refractivity contribution in [2.75, 3.05) is 32.7 Å². The van der Waals surface area contributed by atoms with Gasteiger partial charge in [-0.3, -0.25) is 0 Å². The number of likely N-dealkylation sites (N-methyl/N-ethyl adjacent to an activating group) is 1. The standard InChI is InChI=1S/C10H18N2O2/c1-2-11-5-7-12(8-6-11)10(13)14-9-3-4-9/h9H,2-8H2,1H3. The van der Waals surface area contributed by atoms with E-state index in [1.54, 1.807) is 0 Å². The molecule has 1 aliphatic heterocycles. The molecule has 1 amide bonds. The van der Waals surface area contributed by atoms with Gasteiger partial charge >= 0.3 is 6.09 Å². The van der Waals surface area contributed by atoms with Crippen molar-refractivity contribution in [1.82, 2.24) is 9.80 Å². The number of rotatable bonds is 2. The van der Waals surface area contributed by atoms with Gasteiger partial charge in [-0.2, -0.15) is 0 Å². The van der Waals surface area contributed by atoms with Crippen LogP contribution in [-0.4, -0.2) is 54.7 Å². The van der Waals surface area contributed by atoms with Crippen LogP contribution in [0.4, 0.5) is 4.79 Å². The molecular formula is C10H18N2O2. The van der Waals surface area contributed by atoms with E-state index in [1.807, 2.05) is 4.90 Å². The second-order valence-electron chi connectivity index (χ2n) is 4.00. The molecule has 0 radical (unpaired) electrons. The summed E-state index contributed by atoms with van der Waals surface area (Å²) in [5.74, 6) is 0. The van der Waals surface area contributed by atoms with Gasteiger partial charge in [-0.05, 0) is 19.4 Å². The van der Waals surface area contributed by atoms with Gasteiger partial charge in [0, 0.05) is 26.2 Å². The molecule has 0 aromatic rings. The maximum Gasteiger partial charge on any atom is 0.410 e. The number of carbonyl (C=O) groups is 1. The van der Waals surface area contributed by atoms with Gasteiger partial charge in [-0.1, -0.05) is 6.92 Å². The van der Waals surface area contributed by atoms with Crippen LogP contribution in [0.3, 0.4) is 0 Å². The molecule has 1 saturated carbocycles. The van der Waals surface area contributed by atoms with Crippen molar-refractivity contribution in [1.29, 1.82) is 0 Å². The fraction of sp³-hybridized carbons (Fsp3) is 0.900. The number of hydrogen-bond acceptors (Lipinski definition) is 3. The van der Waals surface area contributed by atoms with Gasteiger partial charge in [0.2, 0.25) is 0 Å². The Morgan fingerprint density at radius 2 is 1.93 bits per heavy atom. The molecule has 0 bridgehead atoms. The first kappa shape index (κ1) is 9.77. The van der Waals surface area contributed by atoms with Crippen LogP contribution in [0.15, 0.2) is 0 Å². The number of nitrogens with zero attached hydrogens (tertiary/aromatic N) is 2. The lowest BCUT2D eigenvalue weighted by Gasteiger charge is -2.33. The quantitative estimate of drug-likeness (QED) is 0.661. The monoisotopic (exact) mass is 198 g/mol. The molecule has 2 aliphatic rings. The normalized spacial score (nSPS) is 23.6. The molecule has 4 heteroatoms. The Balaban J connectivity index is 1.73. The summed E-state index contributed by atoms with van der Waals surface area (Å²) in [5.41, 5.74) is 0. The van der Waals surface area contributed by atoms with Gasteiger partial charge in [-0.15, -0.1) is 0 Å². The zero-order valence-electron chi connectivity index (χ0n) is 8.74. The number of hydrogen-bond donors (Lipinski definition) is 0. The number of ether oxygens (including phenoxy) is 1. The predicted octanol–water partition coefficient (Wildman–Crippen LogP) is 0.923. The summed E-state index contributed by atoms with van der Waals surface area (Å²) in [5, 5.41) is 0. The number of piperazine rings is 1. The highest BCUT2D eigenvalue weighted by molar-refractivity contribution is 5.68. The van der Waals surface area contributed by atoms with E-state index in [4.69, 9.17) is 4.74 Å². The Kier molecular flexibility index (Phi) is 2.91. The summed E-state index contributed by atoms with van der Waals surface area (Å²) < 4.78 is 5.24. The molecule has 2 fully saturated rings. The summed E-state index contributed by atoms with van der Waals surface area (Å²) in [6, 6.07) is 0. The predicted molar refractivity (Wildman–Crippen MR) is 53.2 cm³/mol. The summed E-state index contributed by atoms with van der Waals surface area (Å²) in [6.45, 7) is 6.83. The van der Waals surface area contributed by atoms with E-state index in [0.29, 0.717) is 0 Å². The second-order valence-corrected chi connectivity index (χ2v) is 4.00. The fourth-order valence-corrected chi connectivity index (χ4v) is 1.65. The largest absolute Gasteiger partial charge is 0.446 e. The van der Waals surface area contributed by atoms with Crippen LogP contribution in [-0.2, 0) is 4.74 Å². The summed E-state index contributed by atoms with van der Waals surface area (Å²) in [7, 11) is 0. The Morgan fingerprint density at radius 1 is 1.29 bits per heavy atom. The zero-order chi connectivity index (χ0) is 9.97. The lowest BCUT2D eigenvalue weighted by molar-refractivity contribution is 0.0727. The molecule has 0 N–H and O–H groups in total. The maximum absolute atomic E-state index is 11.5. The molecule has 80 valence electrons. The van der Waals surface area contributed by atoms with Gasteiger partial charge in [0.1, 0.15) is 6.10 Å². The third-order valence-corrected chi connectivity index (χ3v) is 2.87. The van der Waals surface area contributed by atoms with Crippen LogP contribution in [0.2, 0.25) is 0 Å². The third-order valence-electron chi connectivity index (χ3n) is 2.87. The Morgan fingerprint density at radius 3 is 2.43 bits per heavy atom. The first-order valence-corrected chi connectivity index (χ1v) is 5.47. The highest BCUT2D eigenvalue weighted by Gasteiger charge is 2.29. The van der Waals surface area contributed by atoms with E-state index >= 15 is 0 Å². The van der Waals surface area contributed by atoms with E-state index in [-0.39, 0.29) is 12.2 Å². The van der Waals surface area contributed by atoms with E-state index in [0.717, 1.165) is 45.6 Å². The van der Waals surface area contributed by atoms with Crippen molar-refractivity contribution >= 4 is 6.09 Å². The molecular weight excluding hydrogens is 180 g/mol. The smallest absolute Gasteiger partial charge is 0.410 e. The van der Waals surface area contributed by atoms with Gasteiger partial charge in [0.15, 0.2) is 0 Å². The Labute approximate surface area is 84.8 Å². The molecule has 1 aliphatic carbocycles. The molecule has 4 nitrogen and oxygen atoms in total. The summed E-state index contributed by atoms with van der Waals surface area (Å²) >= 11 is 0. The number of amides is 1. The van der Waals surface area contributed by atoms with Crippen LogP contribution in [0, 0.1) is 0 Å². The summed E-state index contributed by atoms with van der Waals surface area (Å²) in [4.78, 5) is 15.7. The zero-order valence-corrected chi connectivity index (χ0v) is 8.74. The van der Waals surface area contributed by atoms with Crippen LogP contribution in [0.1, 0.15) is 19.8 Å². The van der Waals surface area contributed by atoms with Gasteiger partial charge in [-0.25, -0.2) is 4.79 Å². The minimum atomic E-state index is -0.108. The average molecular weight is 198 g/mol. The van der Waals surface area contributed by atoms with Crippen LogP contribution in [0.5, 0.6) is 0 Å². The molecule has 0 aromatic carbocycles. The van der Waals surface area contributed by atoms with Crippen molar-refractivity contribution in [2.24, 2.45) is 0 Å². The van der Waals surface area contributed by atoms with Crippen molar-refractivity contribution in [3.05, 3.63) is 0 Å². The van der Waals surface area contributed by atoms with Crippen molar-refractivity contribution in [3.63, 3.8) is 0 Å². The van der Waals surface area contributed by atoms with Gasteiger partial charge in [0.05, 0.1) is 0 Å². The average Bonchev–Trinajstić information content (AvgIpc) is 3.02. The second kappa shape index (κ2) is 4.17. The lowest BCUT2D eigenvalue weighted by Crippen LogP contribution is -2.48. The van der Waals surface area contributed by atoms with Crippen molar-refractivity contribution < 1.29 is 9.53 Å². The molecule has 0 aromatic heterocycles. The maximum atomic E-state index is 11.5. The summed E-state index contributed by atoms with van der Waals surface area (Å²) in [6.07, 6.45) is 2.23. The van der Waals surface area contributed by atoms with Crippen LogP contribution >= 0.6 is 0 Å². The van der Waals surface area contributed by atoms with Crippen LogP contribution in [0.25, 0.3) is 0 Å². The molecule has 1 saturated heterocycles. The van der Waals surface area contributed by atoms with Crippen molar-refractivity contribution in [3.8, 4) is 0 Å². The first-order valence-electron chi connectivity index (χ1n) is 5.47. The molecule has 0 unspecified atom stereocenters. The third kappa shape index (κ3) is 2.38. The van der Waals surface area contributed by atoms with Gasteiger partial charge in [0.25, 0.3) is 0 Å². The van der Waals surface area contributed by atoms with E-state index in [2.05, 4.69) is 11.8 Å². The molecule has 2 rings (SSSR count). The molecule has 0 spiro atoms. The molecule has 14 heavy (non-hydrogen) atoms. The van der Waals surface area contributed by atoms with Gasteiger partial charge < -0.3 is 14.5 Å². The molecule has 1 heterocycles. The topological polar surface area (TPSA) is 32.8 Å². The van der Waals surface area contributed by atoms with Crippen LogP contribution < -0.4 is 0 Å². The minimum absolute atomic E-state index is 0.108. The first-order chi connectivity index (χ1) is 6.79. The lowest BCUT2D eigenvalue weighted by atomic mass is 10.3. The fourth-order valence-electron chi connectivity index (χ4n) is 1.65. The highest BCUT2D eigenvalue weighted by Crippen LogP contribution is 2.24. The SMILES string of the molecule is CCN1CCN(C(=O)OC2CC2)CC1. The van der Waals surface area contributed by atoms with E-state index < -0.39 is 0 Å². The Bertz CT molecular complexity index is 208.